The van der Waals surface area contributed by atoms with E-state index in [2.05, 4.69) is 29.4 Å². The van der Waals surface area contributed by atoms with Crippen LogP contribution in [0.4, 0.5) is 0 Å². The molecule has 2 N–H and O–H groups in total. The van der Waals surface area contributed by atoms with Crippen molar-refractivity contribution in [3.8, 4) is 5.75 Å². The molecule has 0 saturated carbocycles. The third-order valence-corrected chi connectivity index (χ3v) is 4.45. The Bertz CT molecular complexity index is 688. The molecule has 3 aromatic rings. The van der Waals surface area contributed by atoms with Gasteiger partial charge in [-0.15, -0.1) is 11.3 Å². The summed E-state index contributed by atoms with van der Waals surface area (Å²) in [6.45, 7) is 2.96. The SMILES string of the molecule is CC(Cc1ccc(O)cc1)NCc1nc2ccccc2s1. The number of hydrogen-bond acceptors (Lipinski definition) is 4. The summed E-state index contributed by atoms with van der Waals surface area (Å²) in [6, 6.07) is 16.0. The molecule has 0 bridgehead atoms. The molecule has 0 radical (unpaired) electrons. The van der Waals surface area contributed by atoms with E-state index in [1.165, 1.54) is 10.3 Å². The molecule has 1 aromatic heterocycles. The molecule has 108 valence electrons. The van der Waals surface area contributed by atoms with Crippen LogP contribution < -0.4 is 5.32 Å². The lowest BCUT2D eigenvalue weighted by molar-refractivity contribution is 0.474. The standard InChI is InChI=1S/C17H18N2OS/c1-12(10-13-6-8-14(20)9-7-13)18-11-17-19-15-4-2-3-5-16(15)21-17/h2-9,12,18,20H,10-11H2,1H3. The number of hydrogen-bond donors (Lipinski definition) is 2. The van der Waals surface area contributed by atoms with Gasteiger partial charge in [0.25, 0.3) is 0 Å². The van der Waals surface area contributed by atoms with Crippen molar-refractivity contribution in [2.75, 3.05) is 0 Å². The summed E-state index contributed by atoms with van der Waals surface area (Å²) in [6.07, 6.45) is 0.936. The summed E-state index contributed by atoms with van der Waals surface area (Å²) in [4.78, 5) is 4.63. The minimum atomic E-state index is 0.314. The molecule has 2 aromatic carbocycles. The van der Waals surface area contributed by atoms with Crippen LogP contribution in [0.1, 0.15) is 17.5 Å². The first-order chi connectivity index (χ1) is 10.2. The molecule has 0 fully saturated rings. The highest BCUT2D eigenvalue weighted by Crippen LogP contribution is 2.21. The Morgan fingerprint density at radius 2 is 1.90 bits per heavy atom. The van der Waals surface area contributed by atoms with Gasteiger partial charge in [-0.25, -0.2) is 4.98 Å². The highest BCUT2D eigenvalue weighted by atomic mass is 32.1. The molecule has 3 rings (SSSR count). The highest BCUT2D eigenvalue weighted by Gasteiger charge is 2.06. The first-order valence-corrected chi connectivity index (χ1v) is 7.88. The van der Waals surface area contributed by atoms with Gasteiger partial charge in [0.15, 0.2) is 0 Å². The van der Waals surface area contributed by atoms with Crippen LogP contribution in [0.3, 0.4) is 0 Å². The van der Waals surface area contributed by atoms with Gasteiger partial charge in [0.2, 0.25) is 0 Å². The molecule has 3 nitrogen and oxygen atoms in total. The van der Waals surface area contributed by atoms with Crippen LogP contribution >= 0.6 is 11.3 Å². The van der Waals surface area contributed by atoms with Crippen molar-refractivity contribution in [3.05, 3.63) is 59.1 Å². The van der Waals surface area contributed by atoms with Crippen molar-refractivity contribution in [1.29, 1.82) is 0 Å². The van der Waals surface area contributed by atoms with E-state index < -0.39 is 0 Å². The second-order valence-corrected chi connectivity index (χ2v) is 6.34. The average Bonchev–Trinajstić information content (AvgIpc) is 2.90. The van der Waals surface area contributed by atoms with Crippen LogP contribution in [0.5, 0.6) is 5.75 Å². The van der Waals surface area contributed by atoms with E-state index in [9.17, 15) is 5.11 Å². The van der Waals surface area contributed by atoms with Crippen LogP contribution in [0.15, 0.2) is 48.5 Å². The lowest BCUT2D eigenvalue weighted by atomic mass is 10.1. The van der Waals surface area contributed by atoms with E-state index in [1.807, 2.05) is 24.3 Å². The fourth-order valence-corrected chi connectivity index (χ4v) is 3.23. The predicted octanol–water partition coefficient (Wildman–Crippen LogP) is 3.72. The van der Waals surface area contributed by atoms with Gasteiger partial charge in [0, 0.05) is 12.6 Å². The second-order valence-electron chi connectivity index (χ2n) is 5.23. The molecule has 1 unspecified atom stereocenters. The van der Waals surface area contributed by atoms with Crippen LogP contribution in [-0.2, 0) is 13.0 Å². The Morgan fingerprint density at radius 1 is 1.14 bits per heavy atom. The number of benzene rings is 2. The van der Waals surface area contributed by atoms with Gasteiger partial charge in [-0.05, 0) is 43.2 Å². The van der Waals surface area contributed by atoms with Gasteiger partial charge < -0.3 is 10.4 Å². The fourth-order valence-electron chi connectivity index (χ4n) is 2.31. The number of para-hydroxylation sites is 1. The van der Waals surface area contributed by atoms with Crippen LogP contribution in [0.2, 0.25) is 0 Å². The van der Waals surface area contributed by atoms with Crippen LogP contribution in [0.25, 0.3) is 10.2 Å². The molecule has 0 aliphatic heterocycles. The largest absolute Gasteiger partial charge is 0.508 e. The number of aromatic nitrogens is 1. The molecule has 4 heteroatoms. The topological polar surface area (TPSA) is 45.1 Å². The smallest absolute Gasteiger partial charge is 0.115 e. The normalized spacial score (nSPS) is 12.6. The van der Waals surface area contributed by atoms with Crippen molar-refractivity contribution in [2.45, 2.75) is 25.9 Å². The van der Waals surface area contributed by atoms with Crippen molar-refractivity contribution in [1.82, 2.24) is 10.3 Å². The molecule has 1 heterocycles. The number of rotatable bonds is 5. The number of phenols is 1. The Kier molecular flexibility index (Phi) is 4.18. The van der Waals surface area contributed by atoms with E-state index in [0.29, 0.717) is 11.8 Å². The zero-order valence-corrected chi connectivity index (χ0v) is 12.7. The lowest BCUT2D eigenvalue weighted by Crippen LogP contribution is -2.27. The molecule has 0 spiro atoms. The zero-order chi connectivity index (χ0) is 14.7. The number of phenolic OH excluding ortho intramolecular Hbond substituents is 1. The molecule has 1 atom stereocenters. The second kappa shape index (κ2) is 6.24. The molecular weight excluding hydrogens is 280 g/mol. The fraction of sp³-hybridized carbons (Fsp3) is 0.235. The summed E-state index contributed by atoms with van der Waals surface area (Å²) in [5.41, 5.74) is 2.29. The minimum absolute atomic E-state index is 0.314. The Labute approximate surface area is 128 Å². The number of fused-ring (bicyclic) bond motifs is 1. The summed E-state index contributed by atoms with van der Waals surface area (Å²) in [5.74, 6) is 0.314. The van der Waals surface area contributed by atoms with Crippen LogP contribution in [-0.4, -0.2) is 16.1 Å². The Hall–Kier alpha value is -1.91. The quantitative estimate of drug-likeness (QED) is 0.754. The number of aromatic hydroxyl groups is 1. The molecule has 0 amide bonds. The van der Waals surface area contributed by atoms with E-state index in [0.717, 1.165) is 23.5 Å². The Morgan fingerprint density at radius 3 is 2.67 bits per heavy atom. The third-order valence-electron chi connectivity index (χ3n) is 3.42. The maximum Gasteiger partial charge on any atom is 0.115 e. The summed E-state index contributed by atoms with van der Waals surface area (Å²) in [5, 5.41) is 13.9. The maximum absolute atomic E-state index is 9.29. The third kappa shape index (κ3) is 3.60. The van der Waals surface area contributed by atoms with E-state index in [4.69, 9.17) is 0 Å². The maximum atomic E-state index is 9.29. The monoisotopic (exact) mass is 298 g/mol. The minimum Gasteiger partial charge on any atom is -0.508 e. The predicted molar refractivity (Wildman–Crippen MR) is 87.7 cm³/mol. The van der Waals surface area contributed by atoms with Gasteiger partial charge >= 0.3 is 0 Å². The van der Waals surface area contributed by atoms with Crippen molar-refractivity contribution in [3.63, 3.8) is 0 Å². The van der Waals surface area contributed by atoms with Gasteiger partial charge in [-0.2, -0.15) is 0 Å². The number of nitrogens with one attached hydrogen (secondary N) is 1. The van der Waals surface area contributed by atoms with Gasteiger partial charge in [-0.1, -0.05) is 24.3 Å². The van der Waals surface area contributed by atoms with Crippen LogP contribution in [0, 0.1) is 0 Å². The van der Waals surface area contributed by atoms with Crippen molar-refractivity contribution < 1.29 is 5.11 Å². The van der Waals surface area contributed by atoms with Gasteiger partial charge in [0.1, 0.15) is 10.8 Å². The van der Waals surface area contributed by atoms with E-state index in [1.54, 1.807) is 23.5 Å². The molecule has 0 aliphatic rings. The Balaban J connectivity index is 1.57. The van der Waals surface area contributed by atoms with Crippen molar-refractivity contribution in [2.24, 2.45) is 0 Å². The van der Waals surface area contributed by atoms with E-state index in [-0.39, 0.29) is 0 Å². The number of thiazole rings is 1. The summed E-state index contributed by atoms with van der Waals surface area (Å²) in [7, 11) is 0. The van der Waals surface area contributed by atoms with Crippen molar-refractivity contribution >= 4 is 21.6 Å². The summed E-state index contributed by atoms with van der Waals surface area (Å²) >= 11 is 1.74. The van der Waals surface area contributed by atoms with E-state index >= 15 is 0 Å². The lowest BCUT2D eigenvalue weighted by Gasteiger charge is -2.12. The molecule has 21 heavy (non-hydrogen) atoms. The zero-order valence-electron chi connectivity index (χ0n) is 11.9. The summed E-state index contributed by atoms with van der Waals surface area (Å²) < 4.78 is 1.24. The van der Waals surface area contributed by atoms with Gasteiger partial charge in [0.05, 0.1) is 10.2 Å². The molecule has 0 saturated heterocycles. The first-order valence-electron chi connectivity index (χ1n) is 7.06. The average molecular weight is 298 g/mol. The molecule has 0 aliphatic carbocycles. The van der Waals surface area contributed by atoms with Gasteiger partial charge in [-0.3, -0.25) is 0 Å². The number of nitrogens with zero attached hydrogens (tertiary/aromatic N) is 1. The first kappa shape index (κ1) is 14.0. The highest BCUT2D eigenvalue weighted by molar-refractivity contribution is 7.18. The molecular formula is C17H18N2OS.